The van der Waals surface area contributed by atoms with Crippen LogP contribution in [0.5, 0.6) is 0 Å². The number of halogens is 1. The Kier molecular flexibility index (Phi) is 10.5. The summed E-state index contributed by atoms with van der Waals surface area (Å²) in [6.07, 6.45) is 1.27. The number of nitrogens with zero attached hydrogens (tertiary/aromatic N) is 3. The van der Waals surface area contributed by atoms with Gasteiger partial charge in [0, 0.05) is 25.6 Å². The van der Waals surface area contributed by atoms with Crippen LogP contribution in [0.2, 0.25) is 5.02 Å². The van der Waals surface area contributed by atoms with E-state index in [0.717, 1.165) is 11.1 Å². The maximum absolute atomic E-state index is 12.6. The zero-order chi connectivity index (χ0) is 28.6. The topological polar surface area (TPSA) is 108 Å². The van der Waals surface area contributed by atoms with Gasteiger partial charge in [0.05, 0.1) is 23.0 Å². The van der Waals surface area contributed by atoms with Crippen LogP contribution in [0.25, 0.3) is 0 Å². The molecule has 11 heteroatoms. The Bertz CT molecular complexity index is 1290. The van der Waals surface area contributed by atoms with E-state index in [1.165, 1.54) is 6.07 Å². The average molecular weight is 577 g/mol. The van der Waals surface area contributed by atoms with Gasteiger partial charge in [0.1, 0.15) is 17.3 Å². The van der Waals surface area contributed by atoms with Crippen LogP contribution in [0.4, 0.5) is 4.79 Å². The maximum atomic E-state index is 12.6. The molecule has 2 amide bonds. The predicted octanol–water partition coefficient (Wildman–Crippen LogP) is 4.49. The number of carbonyl (C=O) groups excluding carboxylic acids is 2. The minimum atomic E-state index is -3.52. The van der Waals surface area contributed by atoms with Gasteiger partial charge in [-0.15, -0.1) is 0 Å². The fourth-order valence-electron chi connectivity index (χ4n) is 4.01. The molecule has 0 atom stereocenters. The first-order valence-corrected chi connectivity index (χ1v) is 15.0. The summed E-state index contributed by atoms with van der Waals surface area (Å²) in [5.41, 5.74) is 1.20. The van der Waals surface area contributed by atoms with E-state index in [-0.39, 0.29) is 21.7 Å². The largest absolute Gasteiger partial charge is 0.443 e. The molecule has 1 N–H and O–H groups in total. The normalized spacial score (nSPS) is 13.8. The summed E-state index contributed by atoms with van der Waals surface area (Å²) in [6.45, 7) is 7.44. The molecule has 212 valence electrons. The first kappa shape index (κ1) is 30.6. The van der Waals surface area contributed by atoms with Crippen LogP contribution in [0, 0.1) is 0 Å². The highest BCUT2D eigenvalue weighted by molar-refractivity contribution is 7.91. The number of benzene rings is 2. The Labute approximate surface area is 236 Å². The van der Waals surface area contributed by atoms with E-state index < -0.39 is 21.5 Å². The molecule has 2 aromatic rings. The van der Waals surface area contributed by atoms with Gasteiger partial charge >= 0.3 is 6.09 Å². The second kappa shape index (κ2) is 13.4. The Morgan fingerprint density at radius 1 is 1.10 bits per heavy atom. The molecular formula is C28H37ClN4O5S. The summed E-state index contributed by atoms with van der Waals surface area (Å²) in [6, 6.07) is 14.0. The van der Waals surface area contributed by atoms with Crippen molar-refractivity contribution in [3.8, 4) is 0 Å². The van der Waals surface area contributed by atoms with Gasteiger partial charge in [-0.25, -0.2) is 13.2 Å². The van der Waals surface area contributed by atoms with Gasteiger partial charge in [-0.3, -0.25) is 14.7 Å². The SMILES string of the molecule is CN(Cc1ccc(C2=NCCN2C(=O)OC(C)(C)C)cc1)C(=O)CCCCNCS(=O)(=O)c1ccccc1Cl. The standard InChI is InChI=1S/C28H37ClN4O5S/c1-28(2,3)38-27(35)33-18-17-31-26(33)22-14-12-21(13-15-22)19-32(4)25(34)11-7-8-16-30-20-39(36,37)24-10-6-5-9-23(24)29/h5-6,9-10,12-15,30H,7-8,11,16-20H2,1-4H3. The van der Waals surface area contributed by atoms with Crippen LogP contribution in [0.15, 0.2) is 58.4 Å². The molecule has 0 fully saturated rings. The summed E-state index contributed by atoms with van der Waals surface area (Å²) in [5, 5.41) is 3.14. The summed E-state index contributed by atoms with van der Waals surface area (Å²) in [5.74, 6) is 0.398. The number of unbranched alkanes of at least 4 members (excludes halogenated alkanes) is 1. The molecule has 3 rings (SSSR count). The number of ether oxygens (including phenoxy) is 1. The molecule has 2 aromatic carbocycles. The van der Waals surface area contributed by atoms with Crippen LogP contribution >= 0.6 is 11.6 Å². The number of hydrogen-bond acceptors (Lipinski definition) is 7. The molecule has 1 aliphatic heterocycles. The Morgan fingerprint density at radius 2 is 1.79 bits per heavy atom. The Balaban J connectivity index is 1.40. The number of amidine groups is 1. The molecule has 0 saturated heterocycles. The number of aliphatic imine (C=N–C) groups is 1. The summed E-state index contributed by atoms with van der Waals surface area (Å²) in [4.78, 5) is 32.9. The third-order valence-corrected chi connectivity index (χ3v) is 8.02. The van der Waals surface area contributed by atoms with Crippen LogP contribution < -0.4 is 5.32 Å². The molecule has 0 saturated carbocycles. The van der Waals surface area contributed by atoms with E-state index in [9.17, 15) is 18.0 Å². The molecule has 0 aromatic heterocycles. The van der Waals surface area contributed by atoms with Crippen LogP contribution in [-0.2, 0) is 25.9 Å². The van der Waals surface area contributed by atoms with Gasteiger partial charge in [0.2, 0.25) is 5.91 Å². The summed E-state index contributed by atoms with van der Waals surface area (Å²) in [7, 11) is -1.76. The van der Waals surface area contributed by atoms with Crippen molar-refractivity contribution in [1.82, 2.24) is 15.1 Å². The van der Waals surface area contributed by atoms with E-state index in [1.807, 2.05) is 45.0 Å². The highest BCUT2D eigenvalue weighted by Crippen LogP contribution is 2.21. The van der Waals surface area contributed by atoms with Gasteiger partial charge in [-0.2, -0.15) is 0 Å². The Hall–Kier alpha value is -2.95. The monoisotopic (exact) mass is 576 g/mol. The highest BCUT2D eigenvalue weighted by atomic mass is 35.5. The van der Waals surface area contributed by atoms with Crippen molar-refractivity contribution in [2.24, 2.45) is 4.99 Å². The van der Waals surface area contributed by atoms with Crippen LogP contribution in [0.3, 0.4) is 0 Å². The van der Waals surface area contributed by atoms with Crippen LogP contribution in [-0.4, -0.2) is 74.2 Å². The van der Waals surface area contributed by atoms with Crippen LogP contribution in [0.1, 0.15) is 51.2 Å². The third kappa shape index (κ3) is 9.05. The molecule has 0 bridgehead atoms. The summed E-state index contributed by atoms with van der Waals surface area (Å²) < 4.78 is 30.3. The van der Waals surface area contributed by atoms with Gasteiger partial charge in [0.25, 0.3) is 0 Å². The second-order valence-electron chi connectivity index (χ2n) is 10.4. The lowest BCUT2D eigenvalue weighted by Crippen LogP contribution is -2.39. The number of nitrogens with one attached hydrogen (secondary N) is 1. The van der Waals surface area contributed by atoms with E-state index in [4.69, 9.17) is 16.3 Å². The van der Waals surface area contributed by atoms with Gasteiger partial charge < -0.3 is 15.0 Å². The minimum Gasteiger partial charge on any atom is -0.443 e. The molecule has 0 spiro atoms. The van der Waals surface area contributed by atoms with E-state index in [2.05, 4.69) is 10.3 Å². The van der Waals surface area contributed by atoms with E-state index >= 15 is 0 Å². The molecule has 1 heterocycles. The number of rotatable bonds is 11. The lowest BCUT2D eigenvalue weighted by atomic mass is 10.1. The smallest absolute Gasteiger partial charge is 0.416 e. The van der Waals surface area contributed by atoms with Gasteiger partial charge in [0.15, 0.2) is 9.84 Å². The van der Waals surface area contributed by atoms with Crippen molar-refractivity contribution in [1.29, 1.82) is 0 Å². The fraction of sp³-hybridized carbons (Fsp3) is 0.464. The van der Waals surface area contributed by atoms with Crippen molar-refractivity contribution in [2.75, 3.05) is 32.6 Å². The lowest BCUT2D eigenvalue weighted by molar-refractivity contribution is -0.130. The van der Waals surface area contributed by atoms with Gasteiger partial charge in [-0.1, -0.05) is 48.0 Å². The molecule has 0 radical (unpaired) electrons. The molecule has 1 aliphatic rings. The Morgan fingerprint density at radius 3 is 2.46 bits per heavy atom. The predicted molar refractivity (Wildman–Crippen MR) is 153 cm³/mol. The third-order valence-electron chi connectivity index (χ3n) is 5.97. The summed E-state index contributed by atoms with van der Waals surface area (Å²) >= 11 is 5.99. The molecular weight excluding hydrogens is 540 g/mol. The fourth-order valence-corrected chi connectivity index (χ4v) is 5.72. The minimum absolute atomic E-state index is 0.0130. The first-order valence-electron chi connectivity index (χ1n) is 12.9. The van der Waals surface area contributed by atoms with Crippen molar-refractivity contribution in [3.63, 3.8) is 0 Å². The number of carbonyl (C=O) groups is 2. The zero-order valence-electron chi connectivity index (χ0n) is 22.9. The van der Waals surface area contributed by atoms with Crippen molar-refractivity contribution in [3.05, 3.63) is 64.7 Å². The molecule has 0 unspecified atom stereocenters. The number of amides is 2. The average Bonchev–Trinajstić information content (AvgIpc) is 3.36. The molecule has 39 heavy (non-hydrogen) atoms. The van der Waals surface area contributed by atoms with Crippen molar-refractivity contribution < 1.29 is 22.7 Å². The highest BCUT2D eigenvalue weighted by Gasteiger charge is 2.29. The zero-order valence-corrected chi connectivity index (χ0v) is 24.5. The first-order chi connectivity index (χ1) is 18.4. The quantitative estimate of drug-likeness (QED) is 0.395. The van der Waals surface area contributed by atoms with E-state index in [1.54, 1.807) is 35.0 Å². The maximum Gasteiger partial charge on any atom is 0.416 e. The van der Waals surface area contributed by atoms with E-state index in [0.29, 0.717) is 51.3 Å². The molecule has 9 nitrogen and oxygen atoms in total. The van der Waals surface area contributed by atoms with Gasteiger partial charge in [-0.05, 0) is 57.9 Å². The number of hydrogen-bond donors (Lipinski definition) is 1. The second-order valence-corrected chi connectivity index (χ2v) is 12.8. The van der Waals surface area contributed by atoms with Crippen molar-refractivity contribution >= 4 is 39.3 Å². The molecule has 0 aliphatic carbocycles. The lowest BCUT2D eigenvalue weighted by Gasteiger charge is -2.25. The van der Waals surface area contributed by atoms with Crippen molar-refractivity contribution in [2.45, 2.75) is 57.1 Å². The number of sulfone groups is 1.